The lowest BCUT2D eigenvalue weighted by Gasteiger charge is -2.17. The molecule has 3 aromatic rings. The highest BCUT2D eigenvalue weighted by atomic mass is 32.1. The Morgan fingerprint density at radius 1 is 1.07 bits per heavy atom. The number of thiazole rings is 1. The minimum atomic E-state index is -0.369. The summed E-state index contributed by atoms with van der Waals surface area (Å²) >= 11 is 1.37. The van der Waals surface area contributed by atoms with Gasteiger partial charge < -0.3 is 15.7 Å². The van der Waals surface area contributed by atoms with Crippen molar-refractivity contribution in [1.29, 1.82) is 0 Å². The van der Waals surface area contributed by atoms with Crippen molar-refractivity contribution in [3.63, 3.8) is 0 Å². The van der Waals surface area contributed by atoms with Gasteiger partial charge in [-0.05, 0) is 49.1 Å². The number of nitrogens with one attached hydrogen (secondary N) is 2. The van der Waals surface area contributed by atoms with E-state index in [1.807, 2.05) is 30.3 Å². The van der Waals surface area contributed by atoms with E-state index in [-0.39, 0.29) is 29.6 Å². The number of benzene rings is 2. The molecular weight excluding hydrogens is 386 g/mol. The molecule has 1 fully saturated rings. The van der Waals surface area contributed by atoms with Crippen LogP contribution in [0.3, 0.4) is 0 Å². The number of hydrogen-bond donors (Lipinski definition) is 3. The van der Waals surface area contributed by atoms with Gasteiger partial charge in [-0.3, -0.25) is 9.59 Å². The summed E-state index contributed by atoms with van der Waals surface area (Å²) in [5, 5.41) is 17.8. The van der Waals surface area contributed by atoms with Gasteiger partial charge in [0.25, 0.3) is 11.8 Å². The average Bonchev–Trinajstić information content (AvgIpc) is 3.40. The van der Waals surface area contributed by atoms with Crippen molar-refractivity contribution >= 4 is 23.2 Å². The van der Waals surface area contributed by atoms with Crippen molar-refractivity contribution in [2.45, 2.75) is 31.3 Å². The molecule has 4 rings (SSSR count). The third-order valence-corrected chi connectivity index (χ3v) is 5.64. The molecule has 1 aliphatic rings. The van der Waals surface area contributed by atoms with E-state index in [2.05, 4.69) is 15.6 Å². The molecule has 3 N–H and O–H groups in total. The molecule has 148 valence electrons. The zero-order valence-corrected chi connectivity index (χ0v) is 16.5. The molecule has 1 aliphatic carbocycles. The maximum Gasteiger partial charge on any atom is 0.270 e. The second-order valence-corrected chi connectivity index (χ2v) is 7.97. The Morgan fingerprint density at radius 2 is 1.79 bits per heavy atom. The van der Waals surface area contributed by atoms with Crippen molar-refractivity contribution in [3.8, 4) is 5.75 Å². The molecule has 0 spiro atoms. The Labute approximate surface area is 172 Å². The Hall–Kier alpha value is -3.19. The van der Waals surface area contributed by atoms with Gasteiger partial charge >= 0.3 is 0 Å². The largest absolute Gasteiger partial charge is 0.508 e. The SMILES string of the molecule is O=C(N[C@@H](Cc1ccccc1)c1nc(C(=O)NC2CC2)cs1)c1ccc(O)cc1. The Morgan fingerprint density at radius 3 is 2.48 bits per heavy atom. The third kappa shape index (κ3) is 5.00. The lowest BCUT2D eigenvalue weighted by atomic mass is 10.1. The molecule has 1 atom stereocenters. The summed E-state index contributed by atoms with van der Waals surface area (Å²) in [6, 6.07) is 15.8. The molecule has 0 aliphatic heterocycles. The van der Waals surface area contributed by atoms with Gasteiger partial charge in [0.2, 0.25) is 0 Å². The molecule has 0 unspecified atom stereocenters. The van der Waals surface area contributed by atoms with E-state index in [1.165, 1.54) is 23.5 Å². The predicted octanol–water partition coefficient (Wildman–Crippen LogP) is 3.45. The highest BCUT2D eigenvalue weighted by molar-refractivity contribution is 7.09. The fourth-order valence-corrected chi connectivity index (χ4v) is 3.79. The minimum Gasteiger partial charge on any atom is -0.508 e. The summed E-state index contributed by atoms with van der Waals surface area (Å²) in [6.45, 7) is 0. The zero-order chi connectivity index (χ0) is 20.2. The number of rotatable bonds is 7. The van der Waals surface area contributed by atoms with Crippen molar-refractivity contribution in [3.05, 3.63) is 81.8 Å². The number of aromatic hydroxyl groups is 1. The molecule has 6 nitrogen and oxygen atoms in total. The van der Waals surface area contributed by atoms with Crippen molar-refractivity contribution in [2.75, 3.05) is 0 Å². The fraction of sp³-hybridized carbons (Fsp3) is 0.227. The van der Waals surface area contributed by atoms with Gasteiger partial charge in [-0.2, -0.15) is 0 Å². The molecule has 7 heteroatoms. The van der Waals surface area contributed by atoms with Crippen molar-refractivity contribution in [2.24, 2.45) is 0 Å². The second kappa shape index (κ2) is 8.45. The summed E-state index contributed by atoms with van der Waals surface area (Å²) in [4.78, 5) is 29.5. The van der Waals surface area contributed by atoms with Crippen LogP contribution in [0.1, 0.15) is 50.3 Å². The van der Waals surface area contributed by atoms with Gasteiger partial charge in [0.15, 0.2) is 0 Å². The van der Waals surface area contributed by atoms with Crippen LogP contribution in [0, 0.1) is 0 Å². The molecule has 0 radical (unpaired) electrons. The summed E-state index contributed by atoms with van der Waals surface area (Å²) in [6.07, 6.45) is 2.59. The second-order valence-electron chi connectivity index (χ2n) is 7.08. The molecule has 1 aromatic heterocycles. The van der Waals surface area contributed by atoms with Gasteiger partial charge in [0.1, 0.15) is 16.5 Å². The van der Waals surface area contributed by atoms with E-state index in [9.17, 15) is 14.7 Å². The van der Waals surface area contributed by atoms with Crippen LogP contribution in [0.25, 0.3) is 0 Å². The van der Waals surface area contributed by atoms with E-state index in [4.69, 9.17) is 0 Å². The highest BCUT2D eigenvalue weighted by Gasteiger charge is 2.26. The highest BCUT2D eigenvalue weighted by Crippen LogP contribution is 2.24. The van der Waals surface area contributed by atoms with Gasteiger partial charge in [-0.15, -0.1) is 11.3 Å². The van der Waals surface area contributed by atoms with Crippen molar-refractivity contribution < 1.29 is 14.7 Å². The van der Waals surface area contributed by atoms with Crippen LogP contribution in [-0.4, -0.2) is 27.9 Å². The number of phenolic OH excluding ortho intramolecular Hbond substituents is 1. The average molecular weight is 407 g/mol. The number of carbonyl (C=O) groups excluding carboxylic acids is 2. The van der Waals surface area contributed by atoms with Gasteiger partial charge in [0.05, 0.1) is 6.04 Å². The molecule has 1 saturated carbocycles. The first kappa shape index (κ1) is 19.1. The first-order valence-corrected chi connectivity index (χ1v) is 10.4. The minimum absolute atomic E-state index is 0.105. The summed E-state index contributed by atoms with van der Waals surface area (Å²) in [5.41, 5.74) is 1.89. The lowest BCUT2D eigenvalue weighted by Crippen LogP contribution is -2.30. The molecular formula is C22H21N3O3S. The lowest BCUT2D eigenvalue weighted by molar-refractivity contribution is 0.0935. The van der Waals surface area contributed by atoms with Crippen LogP contribution in [0.4, 0.5) is 0 Å². The van der Waals surface area contributed by atoms with Crippen LogP contribution in [0.15, 0.2) is 60.0 Å². The number of aromatic nitrogens is 1. The molecule has 29 heavy (non-hydrogen) atoms. The maximum absolute atomic E-state index is 12.7. The van der Waals surface area contributed by atoms with Crippen LogP contribution < -0.4 is 10.6 Å². The standard InChI is InChI=1S/C22H21N3O3S/c26-17-10-6-15(7-11-17)20(27)24-18(12-14-4-2-1-3-5-14)22-25-19(13-29-22)21(28)23-16-8-9-16/h1-7,10-11,13,16,18,26H,8-9,12H2,(H,23,28)(H,24,27)/t18-/m0/s1. The van der Waals surface area contributed by atoms with Gasteiger partial charge in [-0.1, -0.05) is 30.3 Å². The number of hydrogen-bond acceptors (Lipinski definition) is 5. The van der Waals surface area contributed by atoms with E-state index in [1.54, 1.807) is 17.5 Å². The van der Waals surface area contributed by atoms with Crippen molar-refractivity contribution in [1.82, 2.24) is 15.6 Å². The molecule has 0 saturated heterocycles. The summed E-state index contributed by atoms with van der Waals surface area (Å²) in [7, 11) is 0. The quantitative estimate of drug-likeness (QED) is 0.559. The van der Waals surface area contributed by atoms with E-state index in [0.29, 0.717) is 22.7 Å². The van der Waals surface area contributed by atoms with E-state index >= 15 is 0 Å². The van der Waals surface area contributed by atoms with Crippen LogP contribution in [0.5, 0.6) is 5.75 Å². The first-order valence-electron chi connectivity index (χ1n) is 9.48. The maximum atomic E-state index is 12.7. The number of phenols is 1. The molecule has 1 heterocycles. The van der Waals surface area contributed by atoms with E-state index in [0.717, 1.165) is 18.4 Å². The van der Waals surface area contributed by atoms with Crippen LogP contribution in [0.2, 0.25) is 0 Å². The summed E-state index contributed by atoms with van der Waals surface area (Å²) in [5.74, 6) is -0.322. The Balaban J connectivity index is 1.54. The first-order chi connectivity index (χ1) is 14.1. The molecule has 0 bridgehead atoms. The number of carbonyl (C=O) groups is 2. The molecule has 2 aromatic carbocycles. The fourth-order valence-electron chi connectivity index (χ4n) is 2.94. The predicted molar refractivity (Wildman–Crippen MR) is 111 cm³/mol. The smallest absolute Gasteiger partial charge is 0.270 e. The van der Waals surface area contributed by atoms with Gasteiger partial charge in [-0.25, -0.2) is 4.98 Å². The Bertz CT molecular complexity index is 998. The number of amides is 2. The monoisotopic (exact) mass is 407 g/mol. The zero-order valence-electron chi connectivity index (χ0n) is 15.7. The van der Waals surface area contributed by atoms with Crippen LogP contribution in [-0.2, 0) is 6.42 Å². The molecule has 2 amide bonds. The van der Waals surface area contributed by atoms with Gasteiger partial charge in [0, 0.05) is 17.0 Å². The summed E-state index contributed by atoms with van der Waals surface area (Å²) < 4.78 is 0. The van der Waals surface area contributed by atoms with Crippen LogP contribution >= 0.6 is 11.3 Å². The third-order valence-electron chi connectivity index (χ3n) is 4.68. The normalized spacial score (nSPS) is 14.2. The topological polar surface area (TPSA) is 91.3 Å². The number of nitrogens with zero attached hydrogens (tertiary/aromatic N) is 1. The van der Waals surface area contributed by atoms with E-state index < -0.39 is 0 Å². The Kier molecular flexibility index (Phi) is 5.57.